The molecule has 7 nitrogen and oxygen atoms in total. The highest BCUT2D eigenvalue weighted by molar-refractivity contribution is 5.97. The zero-order valence-electron chi connectivity index (χ0n) is 15.0. The van der Waals surface area contributed by atoms with E-state index in [1.54, 1.807) is 37.3 Å². The Bertz CT molecular complexity index is 940. The minimum absolute atomic E-state index is 0.226. The van der Waals surface area contributed by atoms with Gasteiger partial charge in [0.2, 0.25) is 11.7 Å². The topological polar surface area (TPSA) is 86.5 Å². The van der Waals surface area contributed by atoms with Crippen LogP contribution in [0.1, 0.15) is 29.2 Å². The van der Waals surface area contributed by atoms with Crippen LogP contribution in [0.5, 0.6) is 11.5 Å². The number of nitrogens with one attached hydrogen (secondary N) is 1. The Morgan fingerprint density at radius 1 is 1.15 bits per heavy atom. The molecule has 3 aromatic rings. The van der Waals surface area contributed by atoms with Gasteiger partial charge in [-0.15, -0.1) is 0 Å². The number of carbonyl (C=O) groups is 1. The summed E-state index contributed by atoms with van der Waals surface area (Å²) in [7, 11) is 3.00. The predicted molar refractivity (Wildman–Crippen MR) is 95.1 cm³/mol. The molecule has 0 bridgehead atoms. The number of nitrogens with zero attached hydrogens (tertiary/aromatic N) is 2. The molecule has 0 aliphatic rings. The summed E-state index contributed by atoms with van der Waals surface area (Å²) < 4.78 is 28.6. The number of benzene rings is 2. The van der Waals surface area contributed by atoms with Gasteiger partial charge in [-0.2, -0.15) is 4.98 Å². The van der Waals surface area contributed by atoms with Crippen LogP contribution in [-0.2, 0) is 0 Å². The Morgan fingerprint density at radius 3 is 2.56 bits per heavy atom. The lowest BCUT2D eigenvalue weighted by Gasteiger charge is -2.13. The second kappa shape index (κ2) is 7.86. The van der Waals surface area contributed by atoms with Gasteiger partial charge in [-0.05, 0) is 49.4 Å². The molecule has 1 atom stereocenters. The molecule has 0 saturated heterocycles. The fraction of sp³-hybridized carbons (Fsp3) is 0.211. The highest BCUT2D eigenvalue weighted by atomic mass is 19.1. The van der Waals surface area contributed by atoms with Crippen molar-refractivity contribution in [2.75, 3.05) is 14.2 Å². The molecule has 0 saturated carbocycles. The number of halogens is 1. The number of hydrogen-bond donors (Lipinski definition) is 1. The molecule has 27 heavy (non-hydrogen) atoms. The summed E-state index contributed by atoms with van der Waals surface area (Å²) in [5.41, 5.74) is 0.932. The third-order valence-electron chi connectivity index (χ3n) is 3.91. The summed E-state index contributed by atoms with van der Waals surface area (Å²) in [5.74, 6) is 0.757. The van der Waals surface area contributed by atoms with Crippen molar-refractivity contribution in [2.24, 2.45) is 0 Å². The summed E-state index contributed by atoms with van der Waals surface area (Å²) in [6.45, 7) is 1.71. The van der Waals surface area contributed by atoms with Crippen molar-refractivity contribution in [3.8, 4) is 22.9 Å². The van der Waals surface area contributed by atoms with Gasteiger partial charge >= 0.3 is 0 Å². The molecular weight excluding hydrogens is 353 g/mol. The van der Waals surface area contributed by atoms with E-state index in [0.717, 1.165) is 0 Å². The van der Waals surface area contributed by atoms with Gasteiger partial charge in [-0.1, -0.05) is 5.16 Å². The Labute approximate surface area is 155 Å². The molecule has 8 heteroatoms. The highest BCUT2D eigenvalue weighted by Gasteiger charge is 2.20. The van der Waals surface area contributed by atoms with Gasteiger partial charge in [0.25, 0.3) is 5.91 Å². The maximum Gasteiger partial charge on any atom is 0.255 e. The molecule has 2 aromatic carbocycles. The van der Waals surface area contributed by atoms with E-state index >= 15 is 0 Å². The van der Waals surface area contributed by atoms with Crippen LogP contribution < -0.4 is 14.8 Å². The average Bonchev–Trinajstić information content (AvgIpc) is 3.18. The van der Waals surface area contributed by atoms with Crippen LogP contribution in [0.25, 0.3) is 11.4 Å². The molecule has 0 spiro atoms. The second-order valence-electron chi connectivity index (χ2n) is 5.72. The zero-order valence-corrected chi connectivity index (χ0v) is 15.0. The zero-order chi connectivity index (χ0) is 19.4. The molecule has 0 fully saturated rings. The lowest BCUT2D eigenvalue weighted by Crippen LogP contribution is -2.27. The fourth-order valence-electron chi connectivity index (χ4n) is 2.45. The van der Waals surface area contributed by atoms with Crippen molar-refractivity contribution in [1.29, 1.82) is 0 Å². The van der Waals surface area contributed by atoms with Crippen LogP contribution in [0, 0.1) is 5.82 Å². The molecule has 140 valence electrons. The average molecular weight is 371 g/mol. The molecule has 3 rings (SSSR count). The van der Waals surface area contributed by atoms with E-state index < -0.39 is 6.04 Å². The van der Waals surface area contributed by atoms with Crippen LogP contribution in [0.4, 0.5) is 4.39 Å². The van der Waals surface area contributed by atoms with Gasteiger partial charge in [-0.25, -0.2) is 4.39 Å². The Balaban J connectivity index is 1.77. The molecule has 1 amide bonds. The van der Waals surface area contributed by atoms with E-state index in [4.69, 9.17) is 14.0 Å². The first-order valence-corrected chi connectivity index (χ1v) is 8.14. The summed E-state index contributed by atoms with van der Waals surface area (Å²) in [4.78, 5) is 16.9. The lowest BCUT2D eigenvalue weighted by molar-refractivity contribution is 0.0929. The summed E-state index contributed by atoms with van der Waals surface area (Å²) in [5, 5.41) is 6.66. The number of amides is 1. The van der Waals surface area contributed by atoms with Gasteiger partial charge in [-0.3, -0.25) is 4.79 Å². The van der Waals surface area contributed by atoms with Crippen molar-refractivity contribution in [1.82, 2.24) is 15.5 Å². The number of rotatable bonds is 6. The standard InChI is InChI=1S/C19H18FN3O4/c1-11(19-22-17(23-27-19)12-4-6-13(20)7-5-12)21-18(24)15-10-14(25-2)8-9-16(15)26-3/h4-11H,1-3H3,(H,21,24)/t11-/m1/s1. The van der Waals surface area contributed by atoms with Crippen molar-refractivity contribution in [2.45, 2.75) is 13.0 Å². The molecule has 0 unspecified atom stereocenters. The maximum absolute atomic E-state index is 13.0. The van der Waals surface area contributed by atoms with Crippen molar-refractivity contribution < 1.29 is 23.2 Å². The molecule has 0 radical (unpaired) electrons. The van der Waals surface area contributed by atoms with Gasteiger partial charge in [0.05, 0.1) is 19.8 Å². The first kappa shape index (κ1) is 18.4. The summed E-state index contributed by atoms with van der Waals surface area (Å²) in [6, 6.07) is 10.1. The van der Waals surface area contributed by atoms with E-state index in [9.17, 15) is 9.18 Å². The molecule has 1 N–H and O–H groups in total. The third kappa shape index (κ3) is 4.05. The van der Waals surface area contributed by atoms with E-state index in [-0.39, 0.29) is 17.6 Å². The van der Waals surface area contributed by atoms with Crippen LogP contribution >= 0.6 is 0 Å². The molecule has 1 aromatic heterocycles. The molecule has 0 aliphatic carbocycles. The number of hydrogen-bond acceptors (Lipinski definition) is 6. The van der Waals surface area contributed by atoms with Crippen LogP contribution in [0.2, 0.25) is 0 Å². The van der Waals surface area contributed by atoms with E-state index in [2.05, 4.69) is 15.5 Å². The van der Waals surface area contributed by atoms with Crippen LogP contribution in [0.15, 0.2) is 47.0 Å². The van der Waals surface area contributed by atoms with Crippen molar-refractivity contribution in [3.05, 3.63) is 59.7 Å². The first-order valence-electron chi connectivity index (χ1n) is 8.14. The summed E-state index contributed by atoms with van der Waals surface area (Å²) in [6.07, 6.45) is 0. The molecule has 0 aliphatic heterocycles. The van der Waals surface area contributed by atoms with Crippen molar-refractivity contribution in [3.63, 3.8) is 0 Å². The molecule has 1 heterocycles. The monoisotopic (exact) mass is 371 g/mol. The normalized spacial score (nSPS) is 11.7. The largest absolute Gasteiger partial charge is 0.497 e. The second-order valence-corrected chi connectivity index (χ2v) is 5.72. The van der Waals surface area contributed by atoms with Gasteiger partial charge < -0.3 is 19.3 Å². The van der Waals surface area contributed by atoms with E-state index in [1.807, 2.05) is 0 Å². The van der Waals surface area contributed by atoms with Gasteiger partial charge in [0.15, 0.2) is 0 Å². The van der Waals surface area contributed by atoms with Gasteiger partial charge in [0.1, 0.15) is 23.4 Å². The van der Waals surface area contributed by atoms with E-state index in [0.29, 0.717) is 28.5 Å². The number of aromatic nitrogens is 2. The first-order chi connectivity index (χ1) is 13.0. The number of ether oxygens (including phenoxy) is 2. The smallest absolute Gasteiger partial charge is 0.255 e. The Morgan fingerprint density at radius 2 is 1.89 bits per heavy atom. The minimum Gasteiger partial charge on any atom is -0.497 e. The van der Waals surface area contributed by atoms with Crippen LogP contribution in [-0.4, -0.2) is 30.3 Å². The SMILES string of the molecule is COc1ccc(OC)c(C(=O)N[C@H](C)c2nc(-c3ccc(F)cc3)no2)c1. The number of carbonyl (C=O) groups excluding carboxylic acids is 1. The quantitative estimate of drug-likeness (QED) is 0.715. The highest BCUT2D eigenvalue weighted by Crippen LogP contribution is 2.25. The Hall–Kier alpha value is -3.42. The lowest BCUT2D eigenvalue weighted by atomic mass is 10.1. The predicted octanol–water partition coefficient (Wildman–Crippen LogP) is 3.38. The molecular formula is C19H18FN3O4. The van der Waals surface area contributed by atoms with Crippen LogP contribution in [0.3, 0.4) is 0 Å². The third-order valence-corrected chi connectivity index (χ3v) is 3.91. The Kier molecular flexibility index (Phi) is 5.35. The summed E-state index contributed by atoms with van der Waals surface area (Å²) >= 11 is 0. The van der Waals surface area contributed by atoms with Gasteiger partial charge in [0, 0.05) is 5.56 Å². The number of methoxy groups -OCH3 is 2. The fourth-order valence-corrected chi connectivity index (χ4v) is 2.45. The van der Waals surface area contributed by atoms with Crippen molar-refractivity contribution >= 4 is 5.91 Å². The van der Waals surface area contributed by atoms with E-state index in [1.165, 1.54) is 26.4 Å². The maximum atomic E-state index is 13.0. The minimum atomic E-state index is -0.546.